The molecule has 0 radical (unpaired) electrons. The Morgan fingerprint density at radius 1 is 1.37 bits per heavy atom. The third kappa shape index (κ3) is 5.14. The molecule has 0 saturated heterocycles. The molecule has 0 aliphatic heterocycles. The first-order chi connectivity index (χ1) is 8.85. The molecular weight excluding hydrogens is 262 g/mol. The van der Waals surface area contributed by atoms with Crippen LogP contribution in [0.25, 0.3) is 0 Å². The van der Waals surface area contributed by atoms with Gasteiger partial charge < -0.3 is 5.11 Å². The zero-order valence-corrected chi connectivity index (χ0v) is 12.2. The maximum atomic E-state index is 12.1. The first-order valence-electron chi connectivity index (χ1n) is 6.21. The van der Waals surface area contributed by atoms with Crippen molar-refractivity contribution in [3.63, 3.8) is 0 Å². The smallest absolute Gasteiger partial charge is 0.240 e. The van der Waals surface area contributed by atoms with E-state index in [4.69, 9.17) is 5.11 Å². The summed E-state index contributed by atoms with van der Waals surface area (Å²) in [4.78, 5) is 0.269. The fourth-order valence-electron chi connectivity index (χ4n) is 1.61. The minimum atomic E-state index is -3.47. The minimum Gasteiger partial charge on any atom is -0.392 e. The summed E-state index contributed by atoms with van der Waals surface area (Å²) < 4.78 is 26.8. The van der Waals surface area contributed by atoms with Crippen molar-refractivity contribution in [2.75, 3.05) is 6.61 Å². The molecule has 0 aliphatic rings. The minimum absolute atomic E-state index is 0.0581. The molecule has 1 aromatic carbocycles. The van der Waals surface area contributed by atoms with E-state index in [1.807, 2.05) is 6.92 Å². The van der Waals surface area contributed by atoms with E-state index in [9.17, 15) is 8.42 Å². The highest BCUT2D eigenvalue weighted by Gasteiger charge is 2.16. The Morgan fingerprint density at radius 3 is 2.47 bits per heavy atom. The molecular formula is C14H21NO3S. The van der Waals surface area contributed by atoms with Gasteiger partial charge in [0.15, 0.2) is 0 Å². The van der Waals surface area contributed by atoms with Crippen molar-refractivity contribution in [3.8, 4) is 0 Å². The topological polar surface area (TPSA) is 66.4 Å². The molecule has 1 atom stereocenters. The van der Waals surface area contributed by atoms with Gasteiger partial charge in [0, 0.05) is 6.04 Å². The predicted octanol–water partition coefficient (Wildman–Crippen LogP) is 1.99. The first kappa shape index (κ1) is 15.9. The molecule has 106 valence electrons. The fraction of sp³-hybridized carbons (Fsp3) is 0.429. The number of sulfonamides is 1. The Balaban J connectivity index is 2.64. The molecule has 5 heteroatoms. The number of aryl methyl sites for hydroxylation is 1. The quantitative estimate of drug-likeness (QED) is 0.752. The van der Waals surface area contributed by atoms with Crippen LogP contribution in [-0.2, 0) is 10.0 Å². The number of nitrogens with one attached hydrogen (secondary N) is 1. The zero-order valence-electron chi connectivity index (χ0n) is 11.4. The van der Waals surface area contributed by atoms with E-state index in [0.29, 0.717) is 18.4 Å². The number of benzene rings is 1. The molecule has 0 saturated carbocycles. The second-order valence-corrected chi connectivity index (χ2v) is 6.50. The van der Waals surface area contributed by atoms with Crippen LogP contribution in [0.4, 0.5) is 0 Å². The summed E-state index contributed by atoms with van der Waals surface area (Å²) in [6.07, 6.45) is 1.22. The maximum Gasteiger partial charge on any atom is 0.240 e. The van der Waals surface area contributed by atoms with Crippen LogP contribution >= 0.6 is 0 Å². The molecule has 1 aromatic rings. The third-order valence-corrected chi connectivity index (χ3v) is 4.45. The van der Waals surface area contributed by atoms with Gasteiger partial charge in [-0.2, -0.15) is 0 Å². The summed E-state index contributed by atoms with van der Waals surface area (Å²) in [5.74, 6) is 0. The number of rotatable bonds is 7. The van der Waals surface area contributed by atoms with Gasteiger partial charge in [0.1, 0.15) is 0 Å². The van der Waals surface area contributed by atoms with Gasteiger partial charge >= 0.3 is 0 Å². The molecule has 0 fully saturated rings. The first-order valence-corrected chi connectivity index (χ1v) is 7.70. The third-order valence-electron chi connectivity index (χ3n) is 2.84. The average molecular weight is 283 g/mol. The molecule has 0 bridgehead atoms. The van der Waals surface area contributed by atoms with Crippen molar-refractivity contribution in [1.29, 1.82) is 0 Å². The number of hydrogen-bond acceptors (Lipinski definition) is 3. The van der Waals surface area contributed by atoms with Gasteiger partial charge in [-0.05, 0) is 38.8 Å². The second-order valence-electron chi connectivity index (χ2n) is 4.78. The highest BCUT2D eigenvalue weighted by molar-refractivity contribution is 7.89. The summed E-state index contributed by atoms with van der Waals surface area (Å²) in [6, 6.07) is 6.53. The van der Waals surface area contributed by atoms with Gasteiger partial charge in [0.2, 0.25) is 10.0 Å². The van der Waals surface area contributed by atoms with Crippen LogP contribution < -0.4 is 4.72 Å². The van der Waals surface area contributed by atoms with Crippen molar-refractivity contribution >= 4 is 10.0 Å². The van der Waals surface area contributed by atoms with Gasteiger partial charge in [-0.1, -0.05) is 29.8 Å². The molecule has 0 amide bonds. The van der Waals surface area contributed by atoms with Gasteiger partial charge in [-0.25, -0.2) is 13.1 Å². The fourth-order valence-corrected chi connectivity index (χ4v) is 2.89. The van der Waals surface area contributed by atoms with Gasteiger partial charge in [0.25, 0.3) is 0 Å². The Kier molecular flexibility index (Phi) is 5.72. The van der Waals surface area contributed by atoms with Crippen molar-refractivity contribution in [1.82, 2.24) is 4.72 Å². The number of hydrogen-bond donors (Lipinski definition) is 2. The number of aliphatic hydroxyl groups is 1. The lowest BCUT2D eigenvalue weighted by atomic mass is 10.1. The van der Waals surface area contributed by atoms with Crippen LogP contribution in [-0.4, -0.2) is 26.2 Å². The lowest BCUT2D eigenvalue weighted by molar-refractivity contribution is 0.325. The Morgan fingerprint density at radius 2 is 1.95 bits per heavy atom. The summed E-state index contributed by atoms with van der Waals surface area (Å²) in [6.45, 7) is 7.34. The molecule has 0 spiro atoms. The van der Waals surface area contributed by atoms with E-state index >= 15 is 0 Å². The Labute approximate surface area is 115 Å². The van der Waals surface area contributed by atoms with Crippen LogP contribution in [0, 0.1) is 6.92 Å². The highest BCUT2D eigenvalue weighted by Crippen LogP contribution is 2.12. The van der Waals surface area contributed by atoms with E-state index < -0.39 is 10.0 Å². The van der Waals surface area contributed by atoms with Crippen LogP contribution in [0.15, 0.2) is 41.3 Å². The Bertz CT molecular complexity index is 520. The van der Waals surface area contributed by atoms with Crippen molar-refractivity contribution in [2.45, 2.75) is 37.6 Å². The summed E-state index contributed by atoms with van der Waals surface area (Å²) in [5.41, 5.74) is 1.73. The summed E-state index contributed by atoms with van der Waals surface area (Å²) in [5, 5.41) is 8.85. The molecule has 2 N–H and O–H groups in total. The average Bonchev–Trinajstić information content (AvgIpc) is 2.36. The molecule has 0 aliphatic carbocycles. The lowest BCUT2D eigenvalue weighted by Crippen LogP contribution is -2.32. The normalized spacial score (nSPS) is 13.2. The summed E-state index contributed by atoms with van der Waals surface area (Å²) >= 11 is 0. The molecule has 0 unspecified atom stereocenters. The summed E-state index contributed by atoms with van der Waals surface area (Å²) in [7, 11) is -3.47. The highest BCUT2D eigenvalue weighted by atomic mass is 32.2. The van der Waals surface area contributed by atoms with E-state index in [1.54, 1.807) is 31.2 Å². The van der Waals surface area contributed by atoms with Crippen molar-refractivity contribution in [2.24, 2.45) is 0 Å². The molecule has 1 rings (SSSR count). The standard InChI is InChI=1S/C14H21NO3S/c1-11-5-8-14(9-6-11)19(17,18)15-13(3)7-4-12(2)10-16/h5-6,8-9,13,15-16H,2,4,7,10H2,1,3H3/t13-/m0/s1. The van der Waals surface area contributed by atoms with Gasteiger partial charge in [-0.15, -0.1) is 0 Å². The molecule has 0 heterocycles. The molecule has 19 heavy (non-hydrogen) atoms. The monoisotopic (exact) mass is 283 g/mol. The largest absolute Gasteiger partial charge is 0.392 e. The van der Waals surface area contributed by atoms with E-state index in [0.717, 1.165) is 5.56 Å². The predicted molar refractivity (Wildman–Crippen MR) is 76.4 cm³/mol. The lowest BCUT2D eigenvalue weighted by Gasteiger charge is -2.14. The van der Waals surface area contributed by atoms with E-state index in [2.05, 4.69) is 11.3 Å². The van der Waals surface area contributed by atoms with Crippen LogP contribution in [0.5, 0.6) is 0 Å². The van der Waals surface area contributed by atoms with Crippen molar-refractivity contribution < 1.29 is 13.5 Å². The van der Waals surface area contributed by atoms with Crippen LogP contribution in [0.1, 0.15) is 25.3 Å². The van der Waals surface area contributed by atoms with E-state index in [-0.39, 0.29) is 17.5 Å². The SMILES string of the molecule is C=C(CO)CC[C@H](C)NS(=O)(=O)c1ccc(C)cc1. The zero-order chi connectivity index (χ0) is 14.5. The van der Waals surface area contributed by atoms with Gasteiger partial charge in [-0.3, -0.25) is 0 Å². The second kappa shape index (κ2) is 6.84. The maximum absolute atomic E-state index is 12.1. The Hall–Kier alpha value is -1.17. The van der Waals surface area contributed by atoms with Crippen LogP contribution in [0.3, 0.4) is 0 Å². The van der Waals surface area contributed by atoms with E-state index in [1.165, 1.54) is 0 Å². The number of aliphatic hydroxyl groups excluding tert-OH is 1. The van der Waals surface area contributed by atoms with Crippen LogP contribution in [0.2, 0.25) is 0 Å². The molecule has 0 aromatic heterocycles. The van der Waals surface area contributed by atoms with Crippen molar-refractivity contribution in [3.05, 3.63) is 42.0 Å². The van der Waals surface area contributed by atoms with Gasteiger partial charge in [0.05, 0.1) is 11.5 Å². The molecule has 4 nitrogen and oxygen atoms in total.